The molecule has 1 unspecified atom stereocenters. The number of benzene rings is 2. The Morgan fingerprint density at radius 2 is 1.68 bits per heavy atom. The zero-order valence-corrected chi connectivity index (χ0v) is 14.8. The number of carbonyl (C=O) groups excluding carboxylic acids is 3. The number of hydrogen-bond donors (Lipinski definition) is 1. The van der Waals surface area contributed by atoms with E-state index < -0.39 is 18.0 Å². The second-order valence-electron chi connectivity index (χ2n) is 5.96. The fraction of sp³-hybridized carbons (Fsp3) is 0.250. The number of amides is 1. The van der Waals surface area contributed by atoms with E-state index in [0.29, 0.717) is 16.8 Å². The van der Waals surface area contributed by atoms with Crippen LogP contribution < -0.4 is 5.32 Å². The number of carbonyl (C=O) groups is 3. The summed E-state index contributed by atoms with van der Waals surface area (Å²) in [5.41, 5.74) is 3.06. The van der Waals surface area contributed by atoms with Gasteiger partial charge in [0.05, 0.1) is 11.3 Å². The van der Waals surface area contributed by atoms with Crippen LogP contribution in [0.3, 0.4) is 0 Å². The molecule has 0 aliphatic rings. The predicted octanol–water partition coefficient (Wildman–Crippen LogP) is 3.69. The van der Waals surface area contributed by atoms with Crippen molar-refractivity contribution in [2.45, 2.75) is 33.8 Å². The number of ether oxygens (including phenoxy) is 1. The highest BCUT2D eigenvalue weighted by Gasteiger charge is 2.21. The Morgan fingerprint density at radius 1 is 1.00 bits per heavy atom. The minimum atomic E-state index is -0.992. The van der Waals surface area contributed by atoms with Crippen molar-refractivity contribution in [3.63, 3.8) is 0 Å². The predicted molar refractivity (Wildman–Crippen MR) is 95.9 cm³/mol. The molecule has 2 rings (SSSR count). The number of para-hydroxylation sites is 1. The first-order valence-corrected chi connectivity index (χ1v) is 7.98. The second-order valence-corrected chi connectivity index (χ2v) is 5.96. The molecule has 0 aliphatic carbocycles. The summed E-state index contributed by atoms with van der Waals surface area (Å²) in [6.45, 7) is 6.67. The van der Waals surface area contributed by atoms with E-state index in [2.05, 4.69) is 5.32 Å². The molecule has 0 aromatic heterocycles. The third-order valence-electron chi connectivity index (χ3n) is 3.82. The molecule has 0 heterocycles. The first-order chi connectivity index (χ1) is 11.8. The molecule has 0 fully saturated rings. The molecule has 1 atom stereocenters. The summed E-state index contributed by atoms with van der Waals surface area (Å²) in [6.07, 6.45) is -0.992. The summed E-state index contributed by atoms with van der Waals surface area (Å²) in [6, 6.07) is 12.1. The number of rotatable bonds is 5. The van der Waals surface area contributed by atoms with Crippen molar-refractivity contribution in [2.24, 2.45) is 0 Å². The molecule has 0 spiro atoms. The minimum Gasteiger partial charge on any atom is -0.449 e. The van der Waals surface area contributed by atoms with E-state index >= 15 is 0 Å². The summed E-state index contributed by atoms with van der Waals surface area (Å²) < 4.78 is 5.26. The molecule has 25 heavy (non-hydrogen) atoms. The fourth-order valence-corrected chi connectivity index (χ4v) is 2.45. The van der Waals surface area contributed by atoms with Crippen LogP contribution in [0.2, 0.25) is 0 Å². The lowest BCUT2D eigenvalue weighted by Crippen LogP contribution is -2.30. The van der Waals surface area contributed by atoms with E-state index in [9.17, 15) is 14.4 Å². The van der Waals surface area contributed by atoms with Gasteiger partial charge in [-0.05, 0) is 51.5 Å². The Bertz CT molecular complexity index is 826. The van der Waals surface area contributed by atoms with Gasteiger partial charge in [0.1, 0.15) is 0 Å². The summed E-state index contributed by atoms with van der Waals surface area (Å²) in [4.78, 5) is 36.2. The fourth-order valence-electron chi connectivity index (χ4n) is 2.45. The third kappa shape index (κ3) is 4.53. The van der Waals surface area contributed by atoms with Gasteiger partial charge in [-0.15, -0.1) is 0 Å². The standard InChI is InChI=1S/C20H21NO4/c1-12-9-10-16(13(2)11-12)20(24)25-15(4)19(23)21-18-8-6-5-7-17(18)14(3)22/h5-11,15H,1-4H3,(H,21,23). The van der Waals surface area contributed by atoms with Crippen LogP contribution in [-0.4, -0.2) is 23.8 Å². The summed E-state index contributed by atoms with van der Waals surface area (Å²) in [7, 11) is 0. The van der Waals surface area contributed by atoms with Gasteiger partial charge >= 0.3 is 5.97 Å². The maximum atomic E-state index is 12.3. The van der Waals surface area contributed by atoms with Gasteiger partial charge in [-0.1, -0.05) is 29.8 Å². The highest BCUT2D eigenvalue weighted by molar-refractivity contribution is 6.05. The molecule has 1 N–H and O–H groups in total. The van der Waals surface area contributed by atoms with Gasteiger partial charge in [-0.2, -0.15) is 0 Å². The number of hydrogen-bond acceptors (Lipinski definition) is 4. The Hall–Kier alpha value is -2.95. The maximum Gasteiger partial charge on any atom is 0.339 e. The number of ketones is 1. The lowest BCUT2D eigenvalue weighted by atomic mass is 10.1. The number of anilines is 1. The first-order valence-electron chi connectivity index (χ1n) is 7.98. The van der Waals surface area contributed by atoms with E-state index in [4.69, 9.17) is 4.74 Å². The van der Waals surface area contributed by atoms with E-state index in [-0.39, 0.29) is 5.78 Å². The van der Waals surface area contributed by atoms with Crippen molar-refractivity contribution in [1.82, 2.24) is 0 Å². The third-order valence-corrected chi connectivity index (χ3v) is 3.82. The Kier molecular flexibility index (Phi) is 5.70. The monoisotopic (exact) mass is 339 g/mol. The molecule has 0 saturated heterocycles. The molecule has 0 bridgehead atoms. The van der Waals surface area contributed by atoms with Gasteiger partial charge in [0.2, 0.25) is 0 Å². The van der Waals surface area contributed by atoms with Crippen molar-refractivity contribution in [3.05, 3.63) is 64.7 Å². The molecule has 130 valence electrons. The van der Waals surface area contributed by atoms with E-state index in [1.807, 2.05) is 26.0 Å². The highest BCUT2D eigenvalue weighted by Crippen LogP contribution is 2.17. The average Bonchev–Trinajstić information content (AvgIpc) is 2.54. The van der Waals surface area contributed by atoms with Gasteiger partial charge in [0.25, 0.3) is 5.91 Å². The zero-order chi connectivity index (χ0) is 18.6. The maximum absolute atomic E-state index is 12.3. The van der Waals surface area contributed by atoms with Crippen LogP contribution in [0.4, 0.5) is 5.69 Å². The van der Waals surface area contributed by atoms with Crippen LogP contribution in [0.25, 0.3) is 0 Å². The van der Waals surface area contributed by atoms with Gasteiger partial charge in [0, 0.05) is 5.56 Å². The summed E-state index contributed by atoms with van der Waals surface area (Å²) >= 11 is 0. The zero-order valence-electron chi connectivity index (χ0n) is 14.8. The Labute approximate surface area is 147 Å². The largest absolute Gasteiger partial charge is 0.449 e. The van der Waals surface area contributed by atoms with E-state index in [1.54, 1.807) is 30.3 Å². The molecule has 1 amide bonds. The number of esters is 1. The lowest BCUT2D eigenvalue weighted by molar-refractivity contribution is -0.123. The molecule has 2 aromatic carbocycles. The molecule has 5 nitrogen and oxygen atoms in total. The SMILES string of the molecule is CC(=O)c1ccccc1NC(=O)C(C)OC(=O)c1ccc(C)cc1C. The Morgan fingerprint density at radius 3 is 2.32 bits per heavy atom. The highest BCUT2D eigenvalue weighted by atomic mass is 16.5. The molecular formula is C20H21NO4. The number of nitrogens with one attached hydrogen (secondary N) is 1. The van der Waals surface area contributed by atoms with Gasteiger partial charge in [0.15, 0.2) is 11.9 Å². The van der Waals surface area contributed by atoms with Crippen LogP contribution in [0.15, 0.2) is 42.5 Å². The lowest BCUT2D eigenvalue weighted by Gasteiger charge is -2.15. The molecule has 0 saturated carbocycles. The van der Waals surface area contributed by atoms with Crippen molar-refractivity contribution in [1.29, 1.82) is 0 Å². The van der Waals surface area contributed by atoms with Gasteiger partial charge < -0.3 is 10.1 Å². The molecule has 2 aromatic rings. The van der Waals surface area contributed by atoms with Crippen LogP contribution in [-0.2, 0) is 9.53 Å². The quantitative estimate of drug-likeness (QED) is 0.666. The first kappa shape index (κ1) is 18.4. The van der Waals surface area contributed by atoms with Crippen LogP contribution >= 0.6 is 0 Å². The molecule has 0 radical (unpaired) electrons. The number of Topliss-reactive ketones (excluding diaryl/α,β-unsaturated/α-hetero) is 1. The van der Waals surface area contributed by atoms with Crippen molar-refractivity contribution in [3.8, 4) is 0 Å². The van der Waals surface area contributed by atoms with Crippen molar-refractivity contribution >= 4 is 23.3 Å². The molecule has 0 aliphatic heterocycles. The second kappa shape index (κ2) is 7.75. The minimum absolute atomic E-state index is 0.157. The molecular weight excluding hydrogens is 318 g/mol. The normalized spacial score (nSPS) is 11.5. The molecule has 5 heteroatoms. The van der Waals surface area contributed by atoms with Crippen LogP contribution in [0.5, 0.6) is 0 Å². The van der Waals surface area contributed by atoms with Crippen molar-refractivity contribution < 1.29 is 19.1 Å². The smallest absolute Gasteiger partial charge is 0.339 e. The summed E-state index contributed by atoms with van der Waals surface area (Å²) in [5, 5.41) is 2.64. The summed E-state index contributed by atoms with van der Waals surface area (Å²) in [5.74, 6) is -1.21. The van der Waals surface area contributed by atoms with E-state index in [0.717, 1.165) is 11.1 Å². The average molecular weight is 339 g/mol. The van der Waals surface area contributed by atoms with Gasteiger partial charge in [-0.25, -0.2) is 4.79 Å². The van der Waals surface area contributed by atoms with Crippen molar-refractivity contribution in [2.75, 3.05) is 5.32 Å². The number of aryl methyl sites for hydroxylation is 2. The van der Waals surface area contributed by atoms with E-state index in [1.165, 1.54) is 13.8 Å². The van der Waals surface area contributed by atoms with Crippen LogP contribution in [0, 0.1) is 13.8 Å². The topological polar surface area (TPSA) is 72.5 Å². The van der Waals surface area contributed by atoms with Gasteiger partial charge in [-0.3, -0.25) is 9.59 Å². The van der Waals surface area contributed by atoms with Crippen LogP contribution in [0.1, 0.15) is 45.7 Å². The Balaban J connectivity index is 2.08.